The van der Waals surface area contributed by atoms with Gasteiger partial charge in [-0.3, -0.25) is 29.8 Å². The first kappa shape index (κ1) is 42.3. The van der Waals surface area contributed by atoms with Gasteiger partial charge in [0.25, 0.3) is 23.2 Å². The highest BCUT2D eigenvalue weighted by Crippen LogP contribution is 2.39. The molecule has 8 N–H and O–H groups in total. The smallest absolute Gasteiger partial charge is 0.289 e. The SMILES string of the molecule is CCc1cc(S(=O)(=O)c2ccc(C)cc2C)c([N+](=O)[O-])cc1C(=O)N=C(N)N.CCc1cc(Sc2ccc(C)cc2C)c([N+](=O)[O-])cc1C(=O)N=C(N)N. The van der Waals surface area contributed by atoms with Gasteiger partial charge < -0.3 is 22.9 Å². The monoisotopic (exact) mass is 776 g/mol. The zero-order chi connectivity index (χ0) is 40.7. The number of carbonyl (C=O) groups excluding carboxylic acids is 2. The number of hydrogen-bond acceptors (Lipinski definition) is 9. The number of rotatable bonds is 10. The molecule has 0 aliphatic carbocycles. The van der Waals surface area contributed by atoms with E-state index in [0.29, 0.717) is 22.4 Å². The minimum atomic E-state index is -4.20. The molecule has 0 spiro atoms. The van der Waals surface area contributed by atoms with Crippen LogP contribution in [-0.4, -0.2) is 42.0 Å². The molecule has 284 valence electrons. The van der Waals surface area contributed by atoms with Gasteiger partial charge in [0.2, 0.25) is 9.84 Å². The lowest BCUT2D eigenvalue weighted by Crippen LogP contribution is -2.24. The first-order valence-corrected chi connectivity index (χ1v) is 18.5. The van der Waals surface area contributed by atoms with Crippen LogP contribution >= 0.6 is 11.8 Å². The fraction of sp³-hybridized carbons (Fsp3) is 0.222. The summed E-state index contributed by atoms with van der Waals surface area (Å²) in [6.45, 7) is 10.9. The fourth-order valence-corrected chi connectivity index (χ4v) is 8.10. The Morgan fingerprint density at radius 3 is 1.56 bits per heavy atom. The molecule has 4 rings (SSSR count). The molecule has 4 aromatic rings. The van der Waals surface area contributed by atoms with Crippen molar-refractivity contribution in [3.05, 3.63) is 125 Å². The summed E-state index contributed by atoms with van der Waals surface area (Å²) in [5.74, 6) is -2.45. The average Bonchev–Trinajstić information content (AvgIpc) is 3.07. The highest BCUT2D eigenvalue weighted by Gasteiger charge is 2.32. The van der Waals surface area contributed by atoms with E-state index in [1.54, 1.807) is 32.0 Å². The first-order valence-electron chi connectivity index (χ1n) is 16.2. The Kier molecular flexibility index (Phi) is 13.8. The van der Waals surface area contributed by atoms with Gasteiger partial charge in [-0.05, 0) is 87.1 Å². The van der Waals surface area contributed by atoms with Crippen LogP contribution in [0.15, 0.2) is 90.2 Å². The molecule has 54 heavy (non-hydrogen) atoms. The maximum Gasteiger partial charge on any atom is 0.289 e. The minimum Gasteiger partial charge on any atom is -0.370 e. The summed E-state index contributed by atoms with van der Waals surface area (Å²) >= 11 is 1.30. The van der Waals surface area contributed by atoms with Crippen LogP contribution in [0.5, 0.6) is 0 Å². The third-order valence-electron chi connectivity index (χ3n) is 7.91. The van der Waals surface area contributed by atoms with Crippen molar-refractivity contribution in [2.24, 2.45) is 32.9 Å². The molecule has 16 nitrogen and oxygen atoms in total. The molecule has 0 saturated carbocycles. The van der Waals surface area contributed by atoms with Gasteiger partial charge in [0.1, 0.15) is 4.90 Å². The third kappa shape index (κ3) is 10.0. The van der Waals surface area contributed by atoms with Gasteiger partial charge >= 0.3 is 0 Å². The highest BCUT2D eigenvalue weighted by molar-refractivity contribution is 7.99. The quantitative estimate of drug-likeness (QED) is 0.0684. The van der Waals surface area contributed by atoms with E-state index in [4.69, 9.17) is 22.9 Å². The molecule has 4 aromatic carbocycles. The molecule has 0 aliphatic heterocycles. The van der Waals surface area contributed by atoms with Gasteiger partial charge in [-0.1, -0.05) is 61.0 Å². The largest absolute Gasteiger partial charge is 0.370 e. The second-order valence-electron chi connectivity index (χ2n) is 12.0. The number of nitrogens with zero attached hydrogens (tertiary/aromatic N) is 4. The Morgan fingerprint density at radius 1 is 0.648 bits per heavy atom. The Balaban J connectivity index is 0.000000291. The van der Waals surface area contributed by atoms with Gasteiger partial charge in [0.05, 0.1) is 30.8 Å². The molecule has 0 saturated heterocycles. The van der Waals surface area contributed by atoms with Crippen molar-refractivity contribution in [2.75, 3.05) is 0 Å². The standard InChI is InChI=1S/C18H20N4O5S.C18H20N4O3S/c1-4-12-8-16(28(26,27)15-6-5-10(2)7-11(15)3)14(22(24)25)9-13(12)17(23)21-18(19)20;1-4-12-8-16(26-15-6-5-10(2)7-11(15)3)14(22(24)25)9-13(12)17(23)21-18(19)20/h5-9H,4H2,1-3H3,(H4,19,20,21,23);5-9H,4H2,1-3H3,(H4,19,20,21,23). The first-order chi connectivity index (χ1) is 25.2. The topological polar surface area (TPSA) is 283 Å². The van der Waals surface area contributed by atoms with Gasteiger partial charge in [-0.2, -0.15) is 9.98 Å². The van der Waals surface area contributed by atoms with Crippen LogP contribution in [0.1, 0.15) is 67.9 Å². The summed E-state index contributed by atoms with van der Waals surface area (Å²) < 4.78 is 26.3. The second kappa shape index (κ2) is 17.6. The van der Waals surface area contributed by atoms with Crippen LogP contribution in [0.4, 0.5) is 11.4 Å². The van der Waals surface area contributed by atoms with E-state index in [1.165, 1.54) is 23.9 Å². The molecule has 0 heterocycles. The fourth-order valence-electron chi connectivity index (χ4n) is 5.39. The van der Waals surface area contributed by atoms with E-state index in [9.17, 15) is 38.2 Å². The Hall–Kier alpha value is -6.14. The van der Waals surface area contributed by atoms with E-state index in [-0.39, 0.29) is 39.7 Å². The number of nitro benzene ring substituents is 2. The molecule has 0 radical (unpaired) electrons. The normalized spacial score (nSPS) is 10.8. The molecule has 0 atom stereocenters. The van der Waals surface area contributed by atoms with Gasteiger partial charge in [-0.15, -0.1) is 0 Å². The van der Waals surface area contributed by atoms with Crippen molar-refractivity contribution < 1.29 is 27.9 Å². The van der Waals surface area contributed by atoms with E-state index >= 15 is 0 Å². The van der Waals surface area contributed by atoms with Crippen molar-refractivity contribution in [2.45, 2.75) is 74.0 Å². The number of amides is 2. The predicted octanol–water partition coefficient (Wildman–Crippen LogP) is 5.36. The van der Waals surface area contributed by atoms with Gasteiger partial charge in [0.15, 0.2) is 11.9 Å². The molecule has 0 aromatic heterocycles. The number of guanidine groups is 2. The van der Waals surface area contributed by atoms with Crippen LogP contribution in [0.2, 0.25) is 0 Å². The Bertz CT molecular complexity index is 2330. The molecule has 18 heteroatoms. The highest BCUT2D eigenvalue weighted by atomic mass is 32.2. The summed E-state index contributed by atoms with van der Waals surface area (Å²) in [7, 11) is -4.20. The summed E-state index contributed by atoms with van der Waals surface area (Å²) in [6.07, 6.45) is 0.758. The number of aliphatic imine (C=N–C) groups is 2. The number of nitrogens with two attached hydrogens (primary N) is 4. The average molecular weight is 777 g/mol. The number of hydrogen-bond donors (Lipinski definition) is 4. The Labute approximate surface area is 316 Å². The molecule has 0 unspecified atom stereocenters. The summed E-state index contributed by atoms with van der Waals surface area (Å²) in [6, 6.07) is 15.6. The molecule has 2 amide bonds. The maximum absolute atomic E-state index is 13.2. The van der Waals surface area contributed by atoms with E-state index < -0.39 is 48.0 Å². The molecule has 0 bridgehead atoms. The lowest BCUT2D eigenvalue weighted by atomic mass is 10.0. The van der Waals surface area contributed by atoms with Crippen molar-refractivity contribution in [3.8, 4) is 0 Å². The van der Waals surface area contributed by atoms with E-state index in [0.717, 1.165) is 33.7 Å². The van der Waals surface area contributed by atoms with Crippen LogP contribution in [0, 0.1) is 47.9 Å². The van der Waals surface area contributed by atoms with Crippen molar-refractivity contribution in [1.29, 1.82) is 0 Å². The van der Waals surface area contributed by atoms with Gasteiger partial charge in [0, 0.05) is 17.0 Å². The number of nitro groups is 2. The summed E-state index contributed by atoms with van der Waals surface area (Å²) in [5.41, 5.74) is 24.5. The van der Waals surface area contributed by atoms with Crippen LogP contribution in [-0.2, 0) is 22.7 Å². The zero-order valence-electron chi connectivity index (χ0n) is 30.4. The second-order valence-corrected chi connectivity index (χ2v) is 15.0. The number of carbonyl (C=O) groups is 2. The van der Waals surface area contributed by atoms with Crippen molar-refractivity contribution >= 4 is 56.7 Å². The van der Waals surface area contributed by atoms with Crippen LogP contribution in [0.25, 0.3) is 0 Å². The van der Waals surface area contributed by atoms with Crippen molar-refractivity contribution in [1.82, 2.24) is 0 Å². The molecular formula is C36H40N8O8S2. The lowest BCUT2D eigenvalue weighted by molar-refractivity contribution is -0.388. The van der Waals surface area contributed by atoms with Gasteiger partial charge in [-0.25, -0.2) is 8.42 Å². The van der Waals surface area contributed by atoms with Crippen LogP contribution < -0.4 is 22.9 Å². The maximum atomic E-state index is 13.2. The summed E-state index contributed by atoms with van der Waals surface area (Å²) in [5, 5.41) is 23.1. The Morgan fingerprint density at radius 2 is 1.11 bits per heavy atom. The van der Waals surface area contributed by atoms with E-state index in [2.05, 4.69) is 9.98 Å². The number of benzene rings is 4. The van der Waals surface area contributed by atoms with Crippen molar-refractivity contribution in [3.63, 3.8) is 0 Å². The third-order valence-corrected chi connectivity index (χ3v) is 11.1. The number of aryl methyl sites for hydroxylation is 6. The predicted molar refractivity (Wildman–Crippen MR) is 207 cm³/mol. The molecule has 0 aliphatic rings. The zero-order valence-corrected chi connectivity index (χ0v) is 32.0. The minimum absolute atomic E-state index is 0.0356. The lowest BCUT2D eigenvalue weighted by Gasteiger charge is -2.12. The van der Waals surface area contributed by atoms with E-state index in [1.807, 2.05) is 45.9 Å². The molecule has 0 fully saturated rings. The number of sulfone groups is 1. The van der Waals surface area contributed by atoms with Crippen LogP contribution in [0.3, 0.4) is 0 Å². The summed E-state index contributed by atoms with van der Waals surface area (Å²) in [4.78, 5) is 53.9. The molecular weight excluding hydrogens is 737 g/mol.